The standard InChI is InChI=1S/C10H13NO3/c12-10(13)9-6-8(7-14-9)11-4-2-1-3-5-11/h6-7H,1-5H2,(H,12,13). The molecule has 0 aliphatic carbocycles. The molecule has 1 fully saturated rings. The first kappa shape index (κ1) is 9.12. The van der Waals surface area contributed by atoms with Crippen LogP contribution in [0.2, 0.25) is 0 Å². The van der Waals surface area contributed by atoms with E-state index in [1.165, 1.54) is 25.5 Å². The first-order valence-electron chi connectivity index (χ1n) is 4.84. The van der Waals surface area contributed by atoms with Crippen molar-refractivity contribution in [3.63, 3.8) is 0 Å². The maximum absolute atomic E-state index is 10.6. The molecule has 1 aliphatic rings. The number of carbonyl (C=O) groups is 1. The predicted octanol–water partition coefficient (Wildman–Crippen LogP) is 1.97. The average molecular weight is 195 g/mol. The van der Waals surface area contributed by atoms with Crippen molar-refractivity contribution in [3.8, 4) is 0 Å². The van der Waals surface area contributed by atoms with Gasteiger partial charge in [0.2, 0.25) is 5.76 Å². The second-order valence-corrected chi connectivity index (χ2v) is 3.52. The molecule has 76 valence electrons. The highest BCUT2D eigenvalue weighted by Gasteiger charge is 2.15. The van der Waals surface area contributed by atoms with Crippen molar-refractivity contribution in [1.29, 1.82) is 0 Å². The molecular formula is C10H13NO3. The summed E-state index contributed by atoms with van der Waals surface area (Å²) in [5.41, 5.74) is 0.891. The average Bonchev–Trinajstić information content (AvgIpc) is 2.68. The van der Waals surface area contributed by atoms with Crippen molar-refractivity contribution in [3.05, 3.63) is 18.1 Å². The van der Waals surface area contributed by atoms with Gasteiger partial charge in [-0.25, -0.2) is 4.79 Å². The molecule has 14 heavy (non-hydrogen) atoms. The Bertz CT molecular complexity index is 326. The topological polar surface area (TPSA) is 53.7 Å². The van der Waals surface area contributed by atoms with Crippen molar-refractivity contribution in [2.75, 3.05) is 18.0 Å². The molecule has 0 unspecified atom stereocenters. The molecule has 0 bridgehead atoms. The Hall–Kier alpha value is -1.45. The summed E-state index contributed by atoms with van der Waals surface area (Å²) < 4.78 is 4.94. The molecule has 4 heteroatoms. The van der Waals surface area contributed by atoms with E-state index in [2.05, 4.69) is 4.90 Å². The van der Waals surface area contributed by atoms with Crippen LogP contribution in [0.15, 0.2) is 16.7 Å². The van der Waals surface area contributed by atoms with Gasteiger partial charge in [0.05, 0.1) is 5.69 Å². The summed E-state index contributed by atoms with van der Waals surface area (Å²) >= 11 is 0. The van der Waals surface area contributed by atoms with Gasteiger partial charge in [0.1, 0.15) is 6.26 Å². The summed E-state index contributed by atoms with van der Waals surface area (Å²) in [6.07, 6.45) is 5.14. The van der Waals surface area contributed by atoms with E-state index in [-0.39, 0.29) is 5.76 Å². The van der Waals surface area contributed by atoms with Gasteiger partial charge in [-0.15, -0.1) is 0 Å². The fraction of sp³-hybridized carbons (Fsp3) is 0.500. The number of carboxylic acid groups (broad SMARTS) is 1. The van der Waals surface area contributed by atoms with Crippen molar-refractivity contribution in [2.24, 2.45) is 0 Å². The number of hydrogen-bond donors (Lipinski definition) is 1. The molecule has 1 saturated heterocycles. The van der Waals surface area contributed by atoms with Crippen LogP contribution in [0, 0.1) is 0 Å². The first-order chi connectivity index (χ1) is 6.77. The normalized spacial score (nSPS) is 17.0. The highest BCUT2D eigenvalue weighted by molar-refractivity contribution is 5.85. The van der Waals surface area contributed by atoms with Gasteiger partial charge in [0, 0.05) is 19.2 Å². The second kappa shape index (κ2) is 3.74. The molecule has 2 heterocycles. The SMILES string of the molecule is O=C(O)c1cc(N2CCCCC2)co1. The predicted molar refractivity (Wildman–Crippen MR) is 51.7 cm³/mol. The van der Waals surface area contributed by atoms with E-state index in [4.69, 9.17) is 9.52 Å². The summed E-state index contributed by atoms with van der Waals surface area (Å²) in [6.45, 7) is 2.00. The minimum Gasteiger partial charge on any atom is -0.475 e. The zero-order valence-electron chi connectivity index (χ0n) is 7.90. The fourth-order valence-corrected chi connectivity index (χ4v) is 1.76. The Morgan fingerprint density at radius 3 is 2.64 bits per heavy atom. The van der Waals surface area contributed by atoms with E-state index >= 15 is 0 Å². The zero-order valence-corrected chi connectivity index (χ0v) is 7.90. The molecule has 2 rings (SSSR count). The number of carboxylic acids is 1. The largest absolute Gasteiger partial charge is 0.475 e. The molecule has 1 aromatic heterocycles. The van der Waals surface area contributed by atoms with Crippen molar-refractivity contribution < 1.29 is 14.3 Å². The number of hydrogen-bond acceptors (Lipinski definition) is 3. The lowest BCUT2D eigenvalue weighted by Gasteiger charge is -2.26. The Balaban J connectivity index is 2.11. The van der Waals surface area contributed by atoms with Crippen LogP contribution < -0.4 is 4.90 Å². The summed E-state index contributed by atoms with van der Waals surface area (Å²) in [4.78, 5) is 12.8. The highest BCUT2D eigenvalue weighted by atomic mass is 16.4. The van der Waals surface area contributed by atoms with Gasteiger partial charge >= 0.3 is 5.97 Å². The molecule has 0 atom stereocenters. The van der Waals surface area contributed by atoms with Crippen LogP contribution in [0.25, 0.3) is 0 Å². The van der Waals surface area contributed by atoms with E-state index < -0.39 is 5.97 Å². The third-order valence-corrected chi connectivity index (χ3v) is 2.52. The smallest absolute Gasteiger partial charge is 0.371 e. The number of furan rings is 1. The Kier molecular flexibility index (Phi) is 2.43. The van der Waals surface area contributed by atoms with Crippen LogP contribution in [0.5, 0.6) is 0 Å². The number of piperidine rings is 1. The van der Waals surface area contributed by atoms with Crippen LogP contribution in [0.1, 0.15) is 29.8 Å². The summed E-state index contributed by atoms with van der Waals surface area (Å²) in [7, 11) is 0. The monoisotopic (exact) mass is 195 g/mol. The molecule has 0 amide bonds. The zero-order chi connectivity index (χ0) is 9.97. The minimum absolute atomic E-state index is 0.0190. The van der Waals surface area contributed by atoms with Crippen molar-refractivity contribution in [1.82, 2.24) is 0 Å². The quantitative estimate of drug-likeness (QED) is 0.783. The first-order valence-corrected chi connectivity index (χ1v) is 4.84. The van der Waals surface area contributed by atoms with E-state index in [1.807, 2.05) is 0 Å². The number of rotatable bonds is 2. The van der Waals surface area contributed by atoms with Gasteiger partial charge in [-0.05, 0) is 19.3 Å². The molecule has 0 aromatic carbocycles. The lowest BCUT2D eigenvalue weighted by molar-refractivity contribution is 0.0662. The third kappa shape index (κ3) is 1.73. The van der Waals surface area contributed by atoms with Gasteiger partial charge in [0.15, 0.2) is 0 Å². The number of aromatic carboxylic acids is 1. The van der Waals surface area contributed by atoms with Gasteiger partial charge in [0.25, 0.3) is 0 Å². The van der Waals surface area contributed by atoms with E-state index in [0.717, 1.165) is 18.8 Å². The molecule has 1 N–H and O–H groups in total. The van der Waals surface area contributed by atoms with Crippen molar-refractivity contribution >= 4 is 11.7 Å². The maximum atomic E-state index is 10.6. The van der Waals surface area contributed by atoms with Crippen LogP contribution in [0.3, 0.4) is 0 Å². The maximum Gasteiger partial charge on any atom is 0.371 e. The number of anilines is 1. The molecule has 0 saturated carbocycles. The number of nitrogens with zero attached hydrogens (tertiary/aromatic N) is 1. The molecule has 1 aromatic rings. The second-order valence-electron chi connectivity index (χ2n) is 3.52. The highest BCUT2D eigenvalue weighted by Crippen LogP contribution is 2.22. The van der Waals surface area contributed by atoms with Gasteiger partial charge in [-0.1, -0.05) is 0 Å². The van der Waals surface area contributed by atoms with E-state index in [9.17, 15) is 4.79 Å². The Labute approximate surface area is 82.1 Å². The van der Waals surface area contributed by atoms with Crippen LogP contribution in [0.4, 0.5) is 5.69 Å². The lowest BCUT2D eigenvalue weighted by atomic mass is 10.1. The molecule has 4 nitrogen and oxygen atoms in total. The fourth-order valence-electron chi connectivity index (χ4n) is 1.76. The minimum atomic E-state index is -1.01. The molecule has 0 radical (unpaired) electrons. The van der Waals surface area contributed by atoms with Gasteiger partial charge in [-0.2, -0.15) is 0 Å². The van der Waals surface area contributed by atoms with Gasteiger partial charge < -0.3 is 14.4 Å². The summed E-state index contributed by atoms with van der Waals surface area (Å²) in [5, 5.41) is 8.68. The van der Waals surface area contributed by atoms with Crippen LogP contribution >= 0.6 is 0 Å². The third-order valence-electron chi connectivity index (χ3n) is 2.52. The van der Waals surface area contributed by atoms with Crippen molar-refractivity contribution in [2.45, 2.75) is 19.3 Å². The Morgan fingerprint density at radius 2 is 2.07 bits per heavy atom. The molecular weight excluding hydrogens is 182 g/mol. The molecule has 0 spiro atoms. The summed E-state index contributed by atoms with van der Waals surface area (Å²) in [5.74, 6) is -0.987. The van der Waals surface area contributed by atoms with E-state index in [1.54, 1.807) is 6.07 Å². The molecule has 1 aliphatic heterocycles. The summed E-state index contributed by atoms with van der Waals surface area (Å²) in [6, 6.07) is 1.59. The lowest BCUT2D eigenvalue weighted by Crippen LogP contribution is -2.28. The van der Waals surface area contributed by atoms with Crippen LogP contribution in [-0.4, -0.2) is 24.2 Å². The Morgan fingerprint density at radius 1 is 1.36 bits per heavy atom. The van der Waals surface area contributed by atoms with Gasteiger partial charge in [-0.3, -0.25) is 0 Å². The van der Waals surface area contributed by atoms with E-state index in [0.29, 0.717) is 0 Å². The van der Waals surface area contributed by atoms with Crippen LogP contribution in [-0.2, 0) is 0 Å².